The van der Waals surface area contributed by atoms with Crippen molar-refractivity contribution < 1.29 is 4.74 Å². The van der Waals surface area contributed by atoms with E-state index in [-0.39, 0.29) is 5.41 Å². The molecule has 0 amide bonds. The average Bonchev–Trinajstić information content (AvgIpc) is 2.90. The van der Waals surface area contributed by atoms with Crippen LogP contribution >= 0.6 is 0 Å². The van der Waals surface area contributed by atoms with Gasteiger partial charge in [0, 0.05) is 17.4 Å². The first kappa shape index (κ1) is 15.1. The molecule has 122 valence electrons. The lowest BCUT2D eigenvalue weighted by molar-refractivity contribution is -0.0101. The highest BCUT2D eigenvalue weighted by Crippen LogP contribution is 2.64. The third-order valence-electron chi connectivity index (χ3n) is 7.73. The van der Waals surface area contributed by atoms with Crippen LogP contribution in [-0.2, 0) is 4.74 Å². The summed E-state index contributed by atoms with van der Waals surface area (Å²) >= 11 is 0. The van der Waals surface area contributed by atoms with Crippen LogP contribution in [0.15, 0.2) is 35.1 Å². The fourth-order valence-corrected chi connectivity index (χ4v) is 6.25. The number of methoxy groups -OCH3 is 1. The topological polar surface area (TPSA) is 9.23 Å². The fraction of sp³-hybridized carbons (Fsp3) is 0.636. The van der Waals surface area contributed by atoms with Gasteiger partial charge < -0.3 is 4.74 Å². The molecule has 0 aromatic carbocycles. The van der Waals surface area contributed by atoms with E-state index < -0.39 is 0 Å². The molecule has 1 heteroatoms. The third-order valence-corrected chi connectivity index (χ3v) is 7.73. The summed E-state index contributed by atoms with van der Waals surface area (Å²) in [5.41, 5.74) is 3.42. The molecular formula is C22H28O. The number of allylic oxidation sites excluding steroid dienone is 6. The molecule has 0 aromatic rings. The summed E-state index contributed by atoms with van der Waals surface area (Å²) in [6.07, 6.45) is 20.3. The molecule has 4 rings (SSSR count). The van der Waals surface area contributed by atoms with E-state index in [1.54, 1.807) is 7.11 Å². The third kappa shape index (κ3) is 1.94. The summed E-state index contributed by atoms with van der Waals surface area (Å²) in [7, 11) is 1.80. The van der Waals surface area contributed by atoms with Gasteiger partial charge in [-0.2, -0.15) is 0 Å². The van der Waals surface area contributed by atoms with Gasteiger partial charge in [0.1, 0.15) is 0 Å². The molecular weight excluding hydrogens is 280 g/mol. The zero-order chi connectivity index (χ0) is 16.2. The van der Waals surface area contributed by atoms with Crippen molar-refractivity contribution in [1.82, 2.24) is 0 Å². The molecule has 5 atom stereocenters. The SMILES string of the molecule is C#CC1=CC[C@H]2[C@@H]3CC=C4C=C(OC)CC[C@]4(C)[C@H]3CC[C@]12C. The van der Waals surface area contributed by atoms with Crippen LogP contribution in [0.25, 0.3) is 0 Å². The number of fused-ring (bicyclic) bond motifs is 5. The molecule has 1 nitrogen and oxygen atoms in total. The van der Waals surface area contributed by atoms with E-state index in [0.717, 1.165) is 29.9 Å². The number of hydrogen-bond acceptors (Lipinski definition) is 1. The Morgan fingerprint density at radius 2 is 1.96 bits per heavy atom. The van der Waals surface area contributed by atoms with Gasteiger partial charge in [0.2, 0.25) is 0 Å². The molecule has 0 spiro atoms. The molecule has 0 aliphatic heterocycles. The second kappa shape index (κ2) is 5.04. The first-order valence-corrected chi connectivity index (χ1v) is 9.15. The van der Waals surface area contributed by atoms with Crippen molar-refractivity contribution in [2.75, 3.05) is 7.11 Å². The normalized spacial score (nSPS) is 44.8. The maximum atomic E-state index is 5.80. The smallest absolute Gasteiger partial charge is 0.0958 e. The minimum absolute atomic E-state index is 0.264. The molecule has 0 bridgehead atoms. The molecule has 0 saturated heterocycles. The Bertz CT molecular complexity index is 658. The number of hydrogen-bond donors (Lipinski definition) is 0. The second-order valence-electron chi connectivity index (χ2n) is 8.46. The Labute approximate surface area is 140 Å². The Morgan fingerprint density at radius 1 is 1.13 bits per heavy atom. The van der Waals surface area contributed by atoms with Crippen molar-refractivity contribution >= 4 is 0 Å². The van der Waals surface area contributed by atoms with Gasteiger partial charge in [-0.25, -0.2) is 0 Å². The summed E-state index contributed by atoms with van der Waals surface area (Å²) in [5, 5.41) is 0. The second-order valence-corrected chi connectivity index (χ2v) is 8.46. The molecule has 4 aliphatic rings. The minimum atomic E-state index is 0.264. The van der Waals surface area contributed by atoms with Crippen LogP contribution in [0.3, 0.4) is 0 Å². The van der Waals surface area contributed by atoms with Gasteiger partial charge in [-0.3, -0.25) is 0 Å². The van der Waals surface area contributed by atoms with Crippen LogP contribution in [0.4, 0.5) is 0 Å². The fourth-order valence-electron chi connectivity index (χ4n) is 6.25. The van der Waals surface area contributed by atoms with E-state index in [9.17, 15) is 0 Å². The Morgan fingerprint density at radius 3 is 2.70 bits per heavy atom. The van der Waals surface area contributed by atoms with Crippen molar-refractivity contribution in [3.8, 4) is 12.3 Å². The van der Waals surface area contributed by atoms with E-state index in [0.29, 0.717) is 5.41 Å². The molecule has 0 aromatic heterocycles. The van der Waals surface area contributed by atoms with Crippen LogP contribution in [0.5, 0.6) is 0 Å². The molecule has 0 radical (unpaired) electrons. The van der Waals surface area contributed by atoms with Crippen LogP contribution in [0.1, 0.15) is 52.4 Å². The molecule has 0 heterocycles. The molecule has 4 aliphatic carbocycles. The number of rotatable bonds is 1. The molecule has 1 fully saturated rings. The van der Waals surface area contributed by atoms with E-state index in [1.165, 1.54) is 43.3 Å². The van der Waals surface area contributed by atoms with Gasteiger partial charge in [-0.15, -0.1) is 6.42 Å². The average molecular weight is 308 g/mol. The van der Waals surface area contributed by atoms with Crippen LogP contribution in [-0.4, -0.2) is 7.11 Å². The summed E-state index contributed by atoms with van der Waals surface area (Å²) < 4.78 is 5.52. The summed E-state index contributed by atoms with van der Waals surface area (Å²) in [5.74, 6) is 6.50. The highest BCUT2D eigenvalue weighted by atomic mass is 16.5. The van der Waals surface area contributed by atoms with Gasteiger partial charge in [0.25, 0.3) is 0 Å². The lowest BCUT2D eigenvalue weighted by Gasteiger charge is -2.56. The van der Waals surface area contributed by atoms with Crippen molar-refractivity contribution in [3.63, 3.8) is 0 Å². The number of terminal acetylenes is 1. The van der Waals surface area contributed by atoms with Gasteiger partial charge in [-0.05, 0) is 66.9 Å². The Hall–Kier alpha value is -1.42. The molecule has 23 heavy (non-hydrogen) atoms. The molecule has 1 saturated carbocycles. The van der Waals surface area contributed by atoms with Gasteiger partial charge in [0.15, 0.2) is 0 Å². The minimum Gasteiger partial charge on any atom is -0.501 e. The Balaban J connectivity index is 1.69. The van der Waals surface area contributed by atoms with E-state index >= 15 is 0 Å². The summed E-state index contributed by atoms with van der Waals surface area (Å²) in [4.78, 5) is 0. The quantitative estimate of drug-likeness (QED) is 0.600. The van der Waals surface area contributed by atoms with Crippen LogP contribution in [0, 0.1) is 40.9 Å². The molecule has 0 unspecified atom stereocenters. The monoisotopic (exact) mass is 308 g/mol. The molecule has 0 N–H and O–H groups in total. The van der Waals surface area contributed by atoms with Crippen molar-refractivity contribution in [2.24, 2.45) is 28.6 Å². The van der Waals surface area contributed by atoms with Gasteiger partial charge >= 0.3 is 0 Å². The first-order valence-electron chi connectivity index (χ1n) is 9.15. The van der Waals surface area contributed by atoms with Crippen molar-refractivity contribution in [1.29, 1.82) is 0 Å². The maximum absolute atomic E-state index is 5.80. The number of ether oxygens (including phenoxy) is 1. The first-order chi connectivity index (χ1) is 11.0. The largest absolute Gasteiger partial charge is 0.501 e. The summed E-state index contributed by atoms with van der Waals surface area (Å²) in [6.45, 7) is 4.93. The van der Waals surface area contributed by atoms with Gasteiger partial charge in [0.05, 0.1) is 12.9 Å². The predicted molar refractivity (Wildman–Crippen MR) is 94.5 cm³/mol. The van der Waals surface area contributed by atoms with Crippen molar-refractivity contribution in [3.05, 3.63) is 35.1 Å². The highest BCUT2D eigenvalue weighted by molar-refractivity contribution is 5.41. The highest BCUT2D eigenvalue weighted by Gasteiger charge is 2.56. The van der Waals surface area contributed by atoms with E-state index in [1.807, 2.05) is 0 Å². The van der Waals surface area contributed by atoms with Crippen molar-refractivity contribution in [2.45, 2.75) is 52.4 Å². The van der Waals surface area contributed by atoms with Crippen LogP contribution < -0.4 is 0 Å². The van der Waals surface area contributed by atoms with Gasteiger partial charge in [-0.1, -0.05) is 31.9 Å². The predicted octanol–water partition coefficient (Wildman–Crippen LogP) is 5.26. The lowest BCUT2D eigenvalue weighted by Crippen LogP contribution is -2.48. The zero-order valence-corrected chi connectivity index (χ0v) is 14.7. The maximum Gasteiger partial charge on any atom is 0.0958 e. The van der Waals surface area contributed by atoms with E-state index in [2.05, 4.69) is 38.0 Å². The standard InChI is InChI=1S/C22H28O/c1-5-15-7-9-19-18-8-6-16-14-17(23-4)10-12-22(16,3)20(18)11-13-21(15,19)2/h1,6-7,14,18-20H,8-13H2,2-4H3/t18-,19-,20-,21+,22-/m0/s1. The van der Waals surface area contributed by atoms with E-state index in [4.69, 9.17) is 11.2 Å². The lowest BCUT2D eigenvalue weighted by atomic mass is 9.48. The van der Waals surface area contributed by atoms with Crippen LogP contribution in [0.2, 0.25) is 0 Å². The Kier molecular flexibility index (Phi) is 3.31. The summed E-state index contributed by atoms with van der Waals surface area (Å²) in [6, 6.07) is 0. The zero-order valence-electron chi connectivity index (χ0n) is 14.7.